The molecule has 0 N–H and O–H groups in total. The van der Waals surface area contributed by atoms with Crippen molar-refractivity contribution >= 4 is 21.8 Å². The first kappa shape index (κ1) is 33.0. The number of nitrogens with zero attached hydrogens (tertiary/aromatic N) is 5. The maximum atomic E-state index is 14.1. The zero-order chi connectivity index (χ0) is 31.3. The van der Waals surface area contributed by atoms with E-state index in [1.165, 1.54) is 47.7 Å². The van der Waals surface area contributed by atoms with Crippen LogP contribution in [-0.2, 0) is 42.3 Å². The number of thioether (sulfide) groups is 1. The number of hydrogen-bond donors (Lipinski definition) is 0. The van der Waals surface area contributed by atoms with Crippen LogP contribution in [0.25, 0.3) is 11.3 Å². The summed E-state index contributed by atoms with van der Waals surface area (Å²) in [5.41, 5.74) is 3.41. The largest absolute Gasteiger partial charge is 0.417 e. The summed E-state index contributed by atoms with van der Waals surface area (Å²) in [7, 11) is -1.47. The summed E-state index contributed by atoms with van der Waals surface area (Å²) in [5, 5.41) is 4.93. The molecular formula is C32H42F3N5O2S2. The van der Waals surface area contributed by atoms with Crippen LogP contribution in [0, 0.1) is 0 Å². The van der Waals surface area contributed by atoms with Gasteiger partial charge in [0.15, 0.2) is 0 Å². The van der Waals surface area contributed by atoms with Gasteiger partial charge in [0, 0.05) is 66.6 Å². The van der Waals surface area contributed by atoms with Gasteiger partial charge in [-0.1, -0.05) is 42.8 Å². The fourth-order valence-electron chi connectivity index (χ4n) is 6.10. The zero-order valence-electron chi connectivity index (χ0n) is 25.5. The predicted molar refractivity (Wildman–Crippen MR) is 170 cm³/mol. The maximum Gasteiger partial charge on any atom is 0.417 e. The van der Waals surface area contributed by atoms with Crippen LogP contribution in [0.3, 0.4) is 0 Å². The van der Waals surface area contributed by atoms with Gasteiger partial charge in [0.25, 0.3) is 0 Å². The van der Waals surface area contributed by atoms with Crippen molar-refractivity contribution in [2.45, 2.75) is 62.8 Å². The molecule has 0 unspecified atom stereocenters. The van der Waals surface area contributed by atoms with Crippen LogP contribution >= 0.6 is 11.8 Å². The molecule has 0 atom stereocenters. The van der Waals surface area contributed by atoms with Crippen molar-refractivity contribution < 1.29 is 21.6 Å². The molecule has 2 aliphatic rings. The quantitative estimate of drug-likeness (QED) is 0.225. The first-order valence-electron chi connectivity index (χ1n) is 15.3. The van der Waals surface area contributed by atoms with Gasteiger partial charge < -0.3 is 9.80 Å². The van der Waals surface area contributed by atoms with Crippen molar-refractivity contribution in [2.24, 2.45) is 0 Å². The number of alkyl halides is 3. The average molecular weight is 650 g/mol. The van der Waals surface area contributed by atoms with E-state index >= 15 is 0 Å². The number of benzene rings is 2. The third-order valence-corrected chi connectivity index (χ3v) is 10.7. The average Bonchev–Trinajstić information content (AvgIpc) is 3.35. The number of aromatic nitrogens is 2. The highest BCUT2D eigenvalue weighted by Crippen LogP contribution is 2.40. The highest BCUT2D eigenvalue weighted by atomic mass is 32.2. The number of piperidine rings is 1. The minimum Gasteiger partial charge on any atom is -0.303 e. The Bertz CT molecular complexity index is 1510. The number of aryl methyl sites for hydroxylation is 1. The SMILES string of the molecule is CN(CCSc1cc(-c2nn(CCCN3CCCCC3)c3c2CN(S(C)(=O)=O)CC3)ccc1C(F)(F)F)Cc1ccccc1. The van der Waals surface area contributed by atoms with Gasteiger partial charge in [0.1, 0.15) is 0 Å². The molecule has 0 saturated carbocycles. The molecule has 1 aromatic heterocycles. The minimum atomic E-state index is -4.49. The predicted octanol–water partition coefficient (Wildman–Crippen LogP) is 5.99. The maximum absolute atomic E-state index is 14.1. The third-order valence-electron chi connectivity index (χ3n) is 8.45. The number of hydrogen-bond acceptors (Lipinski definition) is 6. The second kappa shape index (κ2) is 14.4. The van der Waals surface area contributed by atoms with Gasteiger partial charge in [-0.05, 0) is 63.6 Å². The van der Waals surface area contributed by atoms with Gasteiger partial charge in [-0.25, -0.2) is 8.42 Å². The first-order chi connectivity index (χ1) is 21.0. The second-order valence-electron chi connectivity index (χ2n) is 11.9. The number of fused-ring (bicyclic) bond motifs is 1. The molecule has 1 saturated heterocycles. The number of rotatable bonds is 12. The van der Waals surface area contributed by atoms with Crippen molar-refractivity contribution in [2.75, 3.05) is 51.8 Å². The number of sulfonamides is 1. The van der Waals surface area contributed by atoms with Gasteiger partial charge in [0.2, 0.25) is 10.0 Å². The van der Waals surface area contributed by atoms with Gasteiger partial charge in [-0.15, -0.1) is 11.8 Å². The Morgan fingerprint density at radius 1 is 1.00 bits per heavy atom. The highest BCUT2D eigenvalue weighted by Gasteiger charge is 2.35. The van der Waals surface area contributed by atoms with Crippen molar-refractivity contribution in [3.05, 3.63) is 70.9 Å². The van der Waals surface area contributed by atoms with Gasteiger partial charge in [-0.3, -0.25) is 4.68 Å². The van der Waals surface area contributed by atoms with Crippen molar-refractivity contribution in [3.63, 3.8) is 0 Å². The monoisotopic (exact) mass is 649 g/mol. The topological polar surface area (TPSA) is 61.7 Å². The molecule has 12 heteroatoms. The Morgan fingerprint density at radius 2 is 1.75 bits per heavy atom. The standard InChI is InChI=1S/C32H42F3N5O2S2/c1-37(23-25-10-5-3-6-11-25)20-21-43-30-22-26(12-13-28(30)32(33,34)35)31-27-24-39(44(2,41)42)19-14-29(27)40(36-31)18-9-17-38-15-7-4-8-16-38/h3,5-6,10-13,22H,4,7-9,14-21,23-24H2,1-2H3. The Labute approximate surface area is 263 Å². The minimum absolute atomic E-state index is 0.160. The van der Waals surface area contributed by atoms with E-state index in [0.717, 1.165) is 48.9 Å². The molecule has 1 fully saturated rings. The molecule has 0 radical (unpaired) electrons. The van der Waals surface area contributed by atoms with E-state index in [2.05, 4.69) is 9.80 Å². The van der Waals surface area contributed by atoms with Crippen LogP contribution in [0.5, 0.6) is 0 Å². The summed E-state index contributed by atoms with van der Waals surface area (Å²) < 4.78 is 70.6. The normalized spacial score (nSPS) is 16.9. The number of halogens is 3. The van der Waals surface area contributed by atoms with Gasteiger partial charge in [-0.2, -0.15) is 22.6 Å². The van der Waals surface area contributed by atoms with Crippen LogP contribution in [0.15, 0.2) is 53.4 Å². The summed E-state index contributed by atoms with van der Waals surface area (Å²) >= 11 is 1.19. The van der Waals surface area contributed by atoms with Gasteiger partial charge >= 0.3 is 6.18 Å². The molecular weight excluding hydrogens is 608 g/mol. The van der Waals surface area contributed by atoms with Crippen LogP contribution in [0.1, 0.15) is 48.1 Å². The fourth-order valence-corrected chi connectivity index (χ4v) is 8.06. The summed E-state index contributed by atoms with van der Waals surface area (Å²) in [6.07, 6.45) is 1.87. The molecule has 2 aromatic carbocycles. The fraction of sp³-hybridized carbons (Fsp3) is 0.531. The smallest absolute Gasteiger partial charge is 0.303 e. The van der Waals surface area contributed by atoms with E-state index in [1.54, 1.807) is 6.07 Å². The second-order valence-corrected chi connectivity index (χ2v) is 15.0. The molecule has 0 bridgehead atoms. The van der Waals surface area contributed by atoms with Crippen LogP contribution in [-0.4, -0.2) is 84.1 Å². The lowest BCUT2D eigenvalue weighted by atomic mass is 10.0. The van der Waals surface area contributed by atoms with Crippen molar-refractivity contribution in [1.29, 1.82) is 0 Å². The molecule has 44 heavy (non-hydrogen) atoms. The van der Waals surface area contributed by atoms with Crippen molar-refractivity contribution in [3.8, 4) is 11.3 Å². The first-order valence-corrected chi connectivity index (χ1v) is 18.2. The molecule has 2 aliphatic heterocycles. The Hall–Kier alpha value is -2.38. The lowest BCUT2D eigenvalue weighted by Crippen LogP contribution is -2.35. The van der Waals surface area contributed by atoms with E-state index < -0.39 is 21.8 Å². The summed E-state index contributed by atoms with van der Waals surface area (Å²) in [4.78, 5) is 4.73. The molecule has 0 amide bonds. The molecule has 0 aliphatic carbocycles. The lowest BCUT2D eigenvalue weighted by Gasteiger charge is -2.27. The van der Waals surface area contributed by atoms with E-state index in [4.69, 9.17) is 5.10 Å². The van der Waals surface area contributed by atoms with E-state index in [1.807, 2.05) is 42.1 Å². The summed E-state index contributed by atoms with van der Waals surface area (Å²) in [5.74, 6) is 0.487. The molecule has 0 spiro atoms. The van der Waals surface area contributed by atoms with E-state index in [-0.39, 0.29) is 11.4 Å². The van der Waals surface area contributed by atoms with Gasteiger partial charge in [0.05, 0.1) is 17.5 Å². The molecule has 3 aromatic rings. The molecule has 240 valence electrons. The van der Waals surface area contributed by atoms with E-state index in [9.17, 15) is 21.6 Å². The Morgan fingerprint density at radius 3 is 2.45 bits per heavy atom. The zero-order valence-corrected chi connectivity index (χ0v) is 27.2. The Balaban J connectivity index is 1.38. The lowest BCUT2D eigenvalue weighted by molar-refractivity contribution is -0.139. The van der Waals surface area contributed by atoms with Crippen LogP contribution < -0.4 is 0 Å². The molecule has 5 rings (SSSR count). The van der Waals surface area contributed by atoms with E-state index in [0.29, 0.717) is 49.6 Å². The van der Waals surface area contributed by atoms with Crippen LogP contribution in [0.2, 0.25) is 0 Å². The van der Waals surface area contributed by atoms with Crippen molar-refractivity contribution in [1.82, 2.24) is 23.9 Å². The summed E-state index contributed by atoms with van der Waals surface area (Å²) in [6.45, 7) is 5.75. The number of likely N-dealkylation sites (tertiary alicyclic amines) is 1. The molecule has 7 nitrogen and oxygen atoms in total. The molecule has 3 heterocycles. The van der Waals surface area contributed by atoms with Crippen LogP contribution in [0.4, 0.5) is 13.2 Å². The highest BCUT2D eigenvalue weighted by molar-refractivity contribution is 7.99. The third kappa shape index (κ3) is 8.45. The Kier molecular flexibility index (Phi) is 10.8. The summed E-state index contributed by atoms with van der Waals surface area (Å²) in [6, 6.07) is 14.2.